The summed E-state index contributed by atoms with van der Waals surface area (Å²) < 4.78 is 1.86. The van der Waals surface area contributed by atoms with Crippen molar-refractivity contribution in [1.82, 2.24) is 15.1 Å². The van der Waals surface area contributed by atoms with Gasteiger partial charge in [-0.05, 0) is 41.5 Å². The Labute approximate surface area is 121 Å². The van der Waals surface area contributed by atoms with Gasteiger partial charge in [0.15, 0.2) is 0 Å². The van der Waals surface area contributed by atoms with Crippen LogP contribution in [-0.4, -0.2) is 27.8 Å². The van der Waals surface area contributed by atoms with Crippen molar-refractivity contribution >= 4 is 18.3 Å². The van der Waals surface area contributed by atoms with Crippen LogP contribution in [0.5, 0.6) is 0 Å². The number of carbonyl (C=O) groups excluding carboxylic acids is 1. The zero-order chi connectivity index (χ0) is 14.1. The molecule has 1 rings (SSSR count). The molecule has 19 heavy (non-hydrogen) atoms. The summed E-state index contributed by atoms with van der Waals surface area (Å²) in [4.78, 5) is 12.0. The number of nitrogens with zero attached hydrogens (tertiary/aromatic N) is 2. The molecule has 1 heterocycles. The molecular weight excluding hydrogens is 264 g/mol. The van der Waals surface area contributed by atoms with Gasteiger partial charge in [0.25, 0.3) is 5.91 Å². The van der Waals surface area contributed by atoms with E-state index in [1.165, 1.54) is 0 Å². The number of hydrogen-bond acceptors (Lipinski definition) is 3. The summed E-state index contributed by atoms with van der Waals surface area (Å²) in [6.07, 6.45) is 1.61. The van der Waals surface area contributed by atoms with Crippen LogP contribution in [0.25, 0.3) is 0 Å². The van der Waals surface area contributed by atoms with Crippen molar-refractivity contribution < 1.29 is 4.79 Å². The van der Waals surface area contributed by atoms with Crippen molar-refractivity contribution in [3.8, 4) is 0 Å². The monoisotopic (exact) mass is 288 g/mol. The molecule has 0 radical (unpaired) electrons. The van der Waals surface area contributed by atoms with Gasteiger partial charge in [0.05, 0.1) is 17.3 Å². The lowest BCUT2D eigenvalue weighted by molar-refractivity contribution is 0.0945. The minimum atomic E-state index is -0.413. The van der Waals surface area contributed by atoms with Gasteiger partial charge in [0.2, 0.25) is 0 Å². The molecule has 0 aliphatic rings. The molecule has 0 aliphatic heterocycles. The third-order valence-corrected chi connectivity index (χ3v) is 2.59. The Morgan fingerprint density at radius 2 is 1.89 bits per heavy atom. The van der Waals surface area contributed by atoms with Crippen molar-refractivity contribution in [2.24, 2.45) is 5.73 Å². The molecular formula is C13H25ClN4O. The van der Waals surface area contributed by atoms with E-state index >= 15 is 0 Å². The van der Waals surface area contributed by atoms with Crippen LogP contribution in [0, 0.1) is 6.92 Å². The summed E-state index contributed by atoms with van der Waals surface area (Å²) in [6, 6.07) is 0. The van der Waals surface area contributed by atoms with Crippen molar-refractivity contribution in [3.05, 3.63) is 17.5 Å². The first kappa shape index (κ1) is 17.9. The number of amides is 1. The molecule has 0 saturated carbocycles. The average Bonchev–Trinajstić information content (AvgIpc) is 2.54. The van der Waals surface area contributed by atoms with E-state index in [0.717, 1.165) is 5.69 Å². The fraction of sp³-hybridized carbons (Fsp3) is 0.692. The van der Waals surface area contributed by atoms with Gasteiger partial charge in [0.1, 0.15) is 0 Å². The van der Waals surface area contributed by atoms with Gasteiger partial charge in [-0.2, -0.15) is 5.10 Å². The second-order valence-electron chi connectivity index (χ2n) is 6.40. The van der Waals surface area contributed by atoms with E-state index in [2.05, 4.69) is 31.2 Å². The second kappa shape index (κ2) is 5.92. The fourth-order valence-electron chi connectivity index (χ4n) is 1.71. The molecule has 0 atom stereocenters. The van der Waals surface area contributed by atoms with E-state index in [1.807, 2.05) is 25.5 Å². The van der Waals surface area contributed by atoms with Crippen LogP contribution < -0.4 is 11.1 Å². The van der Waals surface area contributed by atoms with Crippen LogP contribution in [-0.2, 0) is 5.54 Å². The van der Waals surface area contributed by atoms with E-state index in [4.69, 9.17) is 5.73 Å². The number of nitrogens with two attached hydrogens (primary N) is 1. The van der Waals surface area contributed by atoms with E-state index in [-0.39, 0.29) is 23.9 Å². The average molecular weight is 289 g/mol. The first-order valence-electron chi connectivity index (χ1n) is 6.14. The topological polar surface area (TPSA) is 72.9 Å². The van der Waals surface area contributed by atoms with Crippen LogP contribution in [0.1, 0.15) is 50.7 Å². The number of rotatable bonds is 3. The van der Waals surface area contributed by atoms with Crippen LogP contribution >= 0.6 is 12.4 Å². The number of carbonyl (C=O) groups is 1. The largest absolute Gasteiger partial charge is 0.350 e. The first-order valence-corrected chi connectivity index (χ1v) is 6.14. The van der Waals surface area contributed by atoms with Gasteiger partial charge in [0, 0.05) is 17.8 Å². The Hall–Kier alpha value is -1.07. The zero-order valence-corrected chi connectivity index (χ0v) is 13.4. The fourth-order valence-corrected chi connectivity index (χ4v) is 1.71. The molecule has 0 aliphatic carbocycles. The molecule has 1 aromatic heterocycles. The van der Waals surface area contributed by atoms with E-state index < -0.39 is 5.54 Å². The minimum absolute atomic E-state index is 0. The molecule has 0 unspecified atom stereocenters. The predicted molar refractivity (Wildman–Crippen MR) is 79.8 cm³/mol. The zero-order valence-electron chi connectivity index (χ0n) is 12.6. The lowest BCUT2D eigenvalue weighted by atomic mass is 10.1. The normalized spacial score (nSPS) is 11.9. The maximum atomic E-state index is 12.0. The summed E-state index contributed by atoms with van der Waals surface area (Å²) in [5, 5.41) is 7.10. The van der Waals surface area contributed by atoms with Gasteiger partial charge < -0.3 is 11.1 Å². The summed E-state index contributed by atoms with van der Waals surface area (Å²) in [5.41, 5.74) is 6.77. The van der Waals surface area contributed by atoms with Crippen molar-refractivity contribution in [3.63, 3.8) is 0 Å². The number of aromatic nitrogens is 2. The number of nitrogens with one attached hydrogen (secondary N) is 1. The smallest absolute Gasteiger partial charge is 0.254 e. The Morgan fingerprint density at radius 3 is 2.26 bits per heavy atom. The number of hydrogen-bond donors (Lipinski definition) is 2. The van der Waals surface area contributed by atoms with Crippen LogP contribution in [0.15, 0.2) is 6.20 Å². The standard InChI is InChI=1S/C13H24N4O.ClH/c1-9-10(7-16-17(9)12(2,3)4)11(18)15-8-13(5,6)14;/h7H,8,14H2,1-6H3,(H,15,18);1H. The lowest BCUT2D eigenvalue weighted by Gasteiger charge is -2.22. The van der Waals surface area contributed by atoms with Crippen molar-refractivity contribution in [2.45, 2.75) is 52.6 Å². The summed E-state index contributed by atoms with van der Waals surface area (Å²) in [6.45, 7) is 12.2. The highest BCUT2D eigenvalue weighted by Gasteiger charge is 2.22. The van der Waals surface area contributed by atoms with Crippen LogP contribution in [0.2, 0.25) is 0 Å². The quantitative estimate of drug-likeness (QED) is 0.891. The molecule has 1 amide bonds. The maximum Gasteiger partial charge on any atom is 0.254 e. The Balaban J connectivity index is 0.00000324. The van der Waals surface area contributed by atoms with E-state index in [0.29, 0.717) is 12.1 Å². The second-order valence-corrected chi connectivity index (χ2v) is 6.40. The molecule has 0 saturated heterocycles. The van der Waals surface area contributed by atoms with Gasteiger partial charge in [-0.15, -0.1) is 12.4 Å². The molecule has 3 N–H and O–H groups in total. The van der Waals surface area contributed by atoms with Gasteiger partial charge in [-0.25, -0.2) is 0 Å². The SMILES string of the molecule is Cc1c(C(=O)NCC(C)(C)N)cnn1C(C)(C)C.Cl. The minimum Gasteiger partial charge on any atom is -0.350 e. The highest BCUT2D eigenvalue weighted by molar-refractivity contribution is 5.95. The predicted octanol–water partition coefficient (Wildman–Crippen LogP) is 1.84. The molecule has 1 aromatic rings. The van der Waals surface area contributed by atoms with Gasteiger partial charge in [-0.1, -0.05) is 0 Å². The Kier molecular flexibility index (Phi) is 5.59. The van der Waals surface area contributed by atoms with Crippen molar-refractivity contribution in [1.29, 1.82) is 0 Å². The highest BCUT2D eigenvalue weighted by Crippen LogP contribution is 2.18. The van der Waals surface area contributed by atoms with Crippen LogP contribution in [0.4, 0.5) is 0 Å². The maximum absolute atomic E-state index is 12.0. The third kappa shape index (κ3) is 4.84. The van der Waals surface area contributed by atoms with Crippen molar-refractivity contribution in [2.75, 3.05) is 6.54 Å². The molecule has 0 aromatic carbocycles. The Morgan fingerprint density at radius 1 is 1.37 bits per heavy atom. The third-order valence-electron chi connectivity index (χ3n) is 2.59. The first-order chi connectivity index (χ1) is 8.02. The van der Waals surface area contributed by atoms with E-state index in [9.17, 15) is 4.79 Å². The molecule has 0 fully saturated rings. The lowest BCUT2D eigenvalue weighted by Crippen LogP contribution is -2.45. The molecule has 0 spiro atoms. The summed E-state index contributed by atoms with van der Waals surface area (Å²) in [5.74, 6) is -0.124. The molecule has 5 nitrogen and oxygen atoms in total. The summed E-state index contributed by atoms with van der Waals surface area (Å²) >= 11 is 0. The highest BCUT2D eigenvalue weighted by atomic mass is 35.5. The number of halogens is 1. The van der Waals surface area contributed by atoms with E-state index in [1.54, 1.807) is 6.20 Å². The molecule has 0 bridgehead atoms. The van der Waals surface area contributed by atoms with Gasteiger partial charge in [-0.3, -0.25) is 9.48 Å². The molecule has 110 valence electrons. The Bertz CT molecular complexity index is 440. The summed E-state index contributed by atoms with van der Waals surface area (Å²) in [7, 11) is 0. The van der Waals surface area contributed by atoms with Crippen LogP contribution in [0.3, 0.4) is 0 Å². The molecule has 6 heteroatoms. The van der Waals surface area contributed by atoms with Gasteiger partial charge >= 0.3 is 0 Å².